The van der Waals surface area contributed by atoms with Crippen LogP contribution in [0.5, 0.6) is 0 Å². The second kappa shape index (κ2) is 7.03. The van der Waals surface area contributed by atoms with E-state index in [-0.39, 0.29) is 23.8 Å². The quantitative estimate of drug-likeness (QED) is 0.591. The predicted octanol–water partition coefficient (Wildman–Crippen LogP) is 2.31. The van der Waals surface area contributed by atoms with Crippen LogP contribution in [-0.2, 0) is 17.9 Å². The Bertz CT molecular complexity index is 1200. The van der Waals surface area contributed by atoms with Gasteiger partial charge in [-0.1, -0.05) is 18.2 Å². The van der Waals surface area contributed by atoms with Crippen LogP contribution >= 0.6 is 0 Å². The van der Waals surface area contributed by atoms with Crippen molar-refractivity contribution in [1.82, 2.24) is 19.7 Å². The summed E-state index contributed by atoms with van der Waals surface area (Å²) in [7, 11) is 0. The van der Waals surface area contributed by atoms with Crippen molar-refractivity contribution in [3.05, 3.63) is 77.1 Å². The van der Waals surface area contributed by atoms with E-state index < -0.39 is 0 Å². The van der Waals surface area contributed by atoms with E-state index in [4.69, 9.17) is 0 Å². The van der Waals surface area contributed by atoms with Gasteiger partial charge in [0.15, 0.2) is 0 Å². The highest BCUT2D eigenvalue weighted by molar-refractivity contribution is 5.81. The van der Waals surface area contributed by atoms with Crippen LogP contribution < -0.4 is 10.9 Å². The van der Waals surface area contributed by atoms with Gasteiger partial charge in [-0.25, -0.2) is 9.07 Å². The van der Waals surface area contributed by atoms with Crippen molar-refractivity contribution in [2.75, 3.05) is 6.54 Å². The molecule has 2 aromatic heterocycles. The lowest BCUT2D eigenvalue weighted by atomic mass is 10.2. The lowest BCUT2D eigenvalue weighted by Gasteiger charge is -2.09. The number of hydrogen-bond donors (Lipinski definition) is 1. The molecule has 2 aromatic carbocycles. The molecule has 7 heteroatoms. The Balaban J connectivity index is 1.40. The van der Waals surface area contributed by atoms with Gasteiger partial charge in [0.05, 0.1) is 17.1 Å². The van der Waals surface area contributed by atoms with Crippen LogP contribution in [-0.4, -0.2) is 26.8 Å². The summed E-state index contributed by atoms with van der Waals surface area (Å²) in [5.74, 6) is -0.601. The Hall–Kier alpha value is -3.48. The van der Waals surface area contributed by atoms with Gasteiger partial charge < -0.3 is 9.88 Å². The summed E-state index contributed by atoms with van der Waals surface area (Å²) in [6, 6.07) is 13.6. The van der Waals surface area contributed by atoms with Crippen LogP contribution in [0.15, 0.2) is 65.7 Å². The molecule has 0 bridgehead atoms. The first kappa shape index (κ1) is 17.0. The smallest absolute Gasteiger partial charge is 0.275 e. The van der Waals surface area contributed by atoms with Crippen molar-refractivity contribution in [3.8, 4) is 0 Å². The van der Waals surface area contributed by atoms with E-state index in [1.54, 1.807) is 30.5 Å². The molecular formula is C20H17FN4O2. The summed E-state index contributed by atoms with van der Waals surface area (Å²) in [6.45, 7) is 0.713. The minimum atomic E-state index is -0.303. The summed E-state index contributed by atoms with van der Waals surface area (Å²) in [6.07, 6.45) is 3.43. The maximum atomic E-state index is 13.4. The molecule has 0 unspecified atom stereocenters. The predicted molar refractivity (Wildman–Crippen MR) is 101 cm³/mol. The van der Waals surface area contributed by atoms with Crippen LogP contribution in [0.1, 0.15) is 0 Å². The molecule has 0 aliphatic heterocycles. The first-order valence-corrected chi connectivity index (χ1v) is 8.58. The van der Waals surface area contributed by atoms with Crippen LogP contribution in [0.3, 0.4) is 0 Å². The molecule has 4 aromatic rings. The molecular weight excluding hydrogens is 347 g/mol. The zero-order chi connectivity index (χ0) is 18.8. The van der Waals surface area contributed by atoms with Gasteiger partial charge in [-0.3, -0.25) is 9.59 Å². The van der Waals surface area contributed by atoms with E-state index in [1.165, 1.54) is 12.1 Å². The van der Waals surface area contributed by atoms with E-state index in [1.807, 2.05) is 22.9 Å². The molecule has 136 valence electrons. The molecule has 0 fully saturated rings. The fourth-order valence-electron chi connectivity index (χ4n) is 3.10. The fraction of sp³-hybridized carbons (Fsp3) is 0.150. The van der Waals surface area contributed by atoms with Crippen molar-refractivity contribution in [3.63, 3.8) is 0 Å². The van der Waals surface area contributed by atoms with Gasteiger partial charge >= 0.3 is 0 Å². The molecule has 0 atom stereocenters. The van der Waals surface area contributed by atoms with Gasteiger partial charge in [0.2, 0.25) is 5.91 Å². The number of carbonyl (C=O) groups is 1. The molecule has 0 saturated heterocycles. The molecule has 4 rings (SSSR count). The summed E-state index contributed by atoms with van der Waals surface area (Å²) < 4.78 is 16.4. The molecule has 0 radical (unpaired) electrons. The van der Waals surface area contributed by atoms with Gasteiger partial charge in [-0.05, 0) is 35.7 Å². The number of aromatic nitrogens is 3. The zero-order valence-corrected chi connectivity index (χ0v) is 14.4. The lowest BCUT2D eigenvalue weighted by Crippen LogP contribution is -2.35. The van der Waals surface area contributed by atoms with E-state index in [0.29, 0.717) is 18.5 Å². The molecule has 0 aliphatic rings. The molecule has 6 nitrogen and oxygen atoms in total. The highest BCUT2D eigenvalue weighted by atomic mass is 19.1. The molecule has 0 aliphatic carbocycles. The van der Waals surface area contributed by atoms with Gasteiger partial charge in [0, 0.05) is 24.7 Å². The molecule has 2 heterocycles. The number of rotatable bonds is 5. The standard InChI is InChI=1S/C20H17FN4O2/c21-16-6-5-14-7-9-24(18(14)11-16)10-8-22-19(26)13-25-20(27)17-4-2-1-3-15(17)12-23-25/h1-7,9,11-12H,8,10,13H2,(H,22,26). The fourth-order valence-corrected chi connectivity index (χ4v) is 3.10. The average molecular weight is 364 g/mol. The Labute approximate surface area is 153 Å². The summed E-state index contributed by atoms with van der Waals surface area (Å²) in [5.41, 5.74) is 0.479. The number of carbonyl (C=O) groups excluding carboxylic acids is 1. The maximum absolute atomic E-state index is 13.4. The van der Waals surface area contributed by atoms with Crippen LogP contribution in [0.25, 0.3) is 21.7 Å². The molecule has 0 spiro atoms. The molecule has 27 heavy (non-hydrogen) atoms. The number of hydrogen-bond acceptors (Lipinski definition) is 3. The number of fused-ring (bicyclic) bond motifs is 2. The largest absolute Gasteiger partial charge is 0.353 e. The highest BCUT2D eigenvalue weighted by Crippen LogP contribution is 2.16. The van der Waals surface area contributed by atoms with Crippen molar-refractivity contribution in [2.45, 2.75) is 13.1 Å². The number of amides is 1. The summed E-state index contributed by atoms with van der Waals surface area (Å²) >= 11 is 0. The van der Waals surface area contributed by atoms with Gasteiger partial charge in [-0.15, -0.1) is 0 Å². The molecule has 1 N–H and O–H groups in total. The monoisotopic (exact) mass is 364 g/mol. The van der Waals surface area contributed by atoms with Crippen molar-refractivity contribution in [2.24, 2.45) is 0 Å². The summed E-state index contributed by atoms with van der Waals surface area (Å²) in [5, 5.41) is 9.03. The third-order valence-corrected chi connectivity index (χ3v) is 4.47. The Morgan fingerprint density at radius 2 is 1.96 bits per heavy atom. The van der Waals surface area contributed by atoms with Crippen LogP contribution in [0.2, 0.25) is 0 Å². The van der Waals surface area contributed by atoms with Gasteiger partial charge in [0.25, 0.3) is 5.56 Å². The maximum Gasteiger partial charge on any atom is 0.275 e. The number of nitrogens with one attached hydrogen (secondary N) is 1. The molecule has 1 amide bonds. The first-order valence-electron chi connectivity index (χ1n) is 8.58. The SMILES string of the molecule is O=C(Cn1ncc2ccccc2c1=O)NCCn1ccc2ccc(F)cc21. The van der Waals surface area contributed by atoms with Crippen LogP contribution in [0, 0.1) is 5.82 Å². The van der Waals surface area contributed by atoms with E-state index >= 15 is 0 Å². The van der Waals surface area contributed by atoms with E-state index in [2.05, 4.69) is 10.4 Å². The zero-order valence-electron chi connectivity index (χ0n) is 14.4. The average Bonchev–Trinajstić information content (AvgIpc) is 3.06. The van der Waals surface area contributed by atoms with E-state index in [0.717, 1.165) is 21.0 Å². The third kappa shape index (κ3) is 3.44. The number of halogens is 1. The minimum absolute atomic E-state index is 0.148. The number of nitrogens with zero attached hydrogens (tertiary/aromatic N) is 3. The molecule has 0 saturated carbocycles. The first-order chi connectivity index (χ1) is 13.1. The van der Waals surface area contributed by atoms with Gasteiger partial charge in [0.1, 0.15) is 12.4 Å². The third-order valence-electron chi connectivity index (χ3n) is 4.47. The second-order valence-corrected chi connectivity index (χ2v) is 6.26. The van der Waals surface area contributed by atoms with Crippen LogP contribution in [0.4, 0.5) is 4.39 Å². The Morgan fingerprint density at radius 1 is 1.11 bits per heavy atom. The Morgan fingerprint density at radius 3 is 2.85 bits per heavy atom. The Kier molecular flexibility index (Phi) is 4.42. The van der Waals surface area contributed by atoms with Crippen molar-refractivity contribution in [1.29, 1.82) is 0 Å². The minimum Gasteiger partial charge on any atom is -0.353 e. The summed E-state index contributed by atoms with van der Waals surface area (Å²) in [4.78, 5) is 24.6. The topological polar surface area (TPSA) is 68.9 Å². The highest BCUT2D eigenvalue weighted by Gasteiger charge is 2.08. The van der Waals surface area contributed by atoms with E-state index in [9.17, 15) is 14.0 Å². The van der Waals surface area contributed by atoms with Crippen molar-refractivity contribution < 1.29 is 9.18 Å². The van der Waals surface area contributed by atoms with Crippen molar-refractivity contribution >= 4 is 27.6 Å². The van der Waals surface area contributed by atoms with Gasteiger partial charge in [-0.2, -0.15) is 5.10 Å². The normalized spacial score (nSPS) is 11.1. The second-order valence-electron chi connectivity index (χ2n) is 6.26. The lowest BCUT2D eigenvalue weighted by molar-refractivity contribution is -0.121. The number of benzene rings is 2.